The number of esters is 1. The fourth-order valence-corrected chi connectivity index (χ4v) is 4.96. The third-order valence-corrected chi connectivity index (χ3v) is 5.84. The van der Waals surface area contributed by atoms with Gasteiger partial charge >= 0.3 is 5.97 Å². The second-order valence-corrected chi connectivity index (χ2v) is 8.45. The zero-order chi connectivity index (χ0) is 18.0. The number of ether oxygens (including phenoxy) is 1. The molecule has 132 valence electrons. The SMILES string of the molecule is O=C(OC1(c2cccc(F)c2)CC[NH2+]CC1)c1cc(I)cc(I)c1O. The van der Waals surface area contributed by atoms with Crippen LogP contribution in [-0.2, 0) is 10.3 Å². The van der Waals surface area contributed by atoms with E-state index in [1.165, 1.54) is 12.1 Å². The van der Waals surface area contributed by atoms with E-state index >= 15 is 0 Å². The molecule has 2 aromatic carbocycles. The van der Waals surface area contributed by atoms with Crippen LogP contribution in [-0.4, -0.2) is 24.2 Å². The van der Waals surface area contributed by atoms with E-state index in [0.29, 0.717) is 22.0 Å². The van der Waals surface area contributed by atoms with Gasteiger partial charge in [-0.2, -0.15) is 0 Å². The first-order valence-corrected chi connectivity index (χ1v) is 10.1. The van der Waals surface area contributed by atoms with E-state index in [9.17, 15) is 14.3 Å². The van der Waals surface area contributed by atoms with Crippen LogP contribution in [0.1, 0.15) is 28.8 Å². The molecule has 0 saturated carbocycles. The lowest BCUT2D eigenvalue weighted by Gasteiger charge is -2.36. The lowest BCUT2D eigenvalue weighted by atomic mass is 9.84. The topological polar surface area (TPSA) is 63.1 Å². The van der Waals surface area contributed by atoms with Crippen LogP contribution in [0.5, 0.6) is 5.75 Å². The van der Waals surface area contributed by atoms with Gasteiger partial charge in [0, 0.05) is 16.4 Å². The third kappa shape index (κ3) is 4.08. The Hall–Kier alpha value is -0.940. The normalized spacial score (nSPS) is 16.4. The fraction of sp³-hybridized carbons (Fsp3) is 0.278. The number of piperidine rings is 1. The molecule has 3 rings (SSSR count). The molecular weight excluding hydrogens is 551 g/mol. The van der Waals surface area contributed by atoms with Crippen molar-refractivity contribution in [1.82, 2.24) is 0 Å². The number of phenolic OH excluding ortho intramolecular Hbond substituents is 1. The van der Waals surface area contributed by atoms with Gasteiger partial charge in [-0.15, -0.1) is 0 Å². The summed E-state index contributed by atoms with van der Waals surface area (Å²) in [6.45, 7) is 1.58. The van der Waals surface area contributed by atoms with Crippen molar-refractivity contribution in [3.05, 3.63) is 60.5 Å². The molecule has 4 nitrogen and oxygen atoms in total. The molecule has 0 unspecified atom stereocenters. The summed E-state index contributed by atoms with van der Waals surface area (Å²) in [5, 5.41) is 12.4. The van der Waals surface area contributed by atoms with Crippen LogP contribution < -0.4 is 5.32 Å². The predicted octanol–water partition coefficient (Wildman–Crippen LogP) is 3.15. The maximum absolute atomic E-state index is 13.7. The second kappa shape index (κ2) is 7.75. The average molecular weight is 568 g/mol. The van der Waals surface area contributed by atoms with Gasteiger partial charge in [-0.3, -0.25) is 0 Å². The molecule has 0 bridgehead atoms. The van der Waals surface area contributed by atoms with Gasteiger partial charge < -0.3 is 15.2 Å². The maximum Gasteiger partial charge on any atom is 0.342 e. The van der Waals surface area contributed by atoms with E-state index in [1.807, 2.05) is 22.6 Å². The highest BCUT2D eigenvalue weighted by molar-refractivity contribution is 14.1. The molecule has 1 fully saturated rings. The van der Waals surface area contributed by atoms with Crippen molar-refractivity contribution in [2.24, 2.45) is 0 Å². The van der Waals surface area contributed by atoms with Gasteiger partial charge in [0.15, 0.2) is 0 Å². The average Bonchev–Trinajstić information content (AvgIpc) is 2.59. The van der Waals surface area contributed by atoms with Gasteiger partial charge in [0.1, 0.15) is 22.7 Å². The predicted molar refractivity (Wildman–Crippen MR) is 108 cm³/mol. The zero-order valence-electron chi connectivity index (χ0n) is 13.3. The number of hydrogen-bond acceptors (Lipinski definition) is 3. The van der Waals surface area contributed by atoms with E-state index in [1.54, 1.807) is 24.3 Å². The van der Waals surface area contributed by atoms with Gasteiger partial charge in [0.2, 0.25) is 0 Å². The number of carbonyl (C=O) groups excluding carboxylic acids is 1. The molecule has 0 aromatic heterocycles. The Morgan fingerprint density at radius 1 is 1.20 bits per heavy atom. The molecule has 1 aliphatic heterocycles. The van der Waals surface area contributed by atoms with Gasteiger partial charge in [-0.1, -0.05) is 12.1 Å². The van der Waals surface area contributed by atoms with E-state index in [0.717, 1.165) is 16.7 Å². The number of quaternary nitrogens is 1. The molecule has 1 aliphatic rings. The number of phenols is 1. The number of nitrogens with two attached hydrogens (primary N) is 1. The Labute approximate surface area is 172 Å². The number of halogens is 3. The van der Waals surface area contributed by atoms with E-state index in [2.05, 4.69) is 27.9 Å². The van der Waals surface area contributed by atoms with Crippen molar-refractivity contribution in [2.45, 2.75) is 18.4 Å². The molecule has 0 atom stereocenters. The van der Waals surface area contributed by atoms with Crippen LogP contribution in [0.2, 0.25) is 0 Å². The Morgan fingerprint density at radius 2 is 1.92 bits per heavy atom. The summed E-state index contributed by atoms with van der Waals surface area (Å²) in [5.41, 5.74) is -0.0667. The number of hydrogen-bond donors (Lipinski definition) is 2. The summed E-state index contributed by atoms with van der Waals surface area (Å²) >= 11 is 4.08. The second-order valence-electron chi connectivity index (χ2n) is 6.04. The molecule has 1 saturated heterocycles. The van der Waals surface area contributed by atoms with E-state index in [4.69, 9.17) is 4.74 Å². The summed E-state index contributed by atoms with van der Waals surface area (Å²) in [6.07, 6.45) is 1.20. The highest BCUT2D eigenvalue weighted by Crippen LogP contribution is 2.36. The van der Waals surface area contributed by atoms with Crippen molar-refractivity contribution in [1.29, 1.82) is 0 Å². The number of aromatic hydroxyl groups is 1. The van der Waals surface area contributed by atoms with E-state index < -0.39 is 11.6 Å². The van der Waals surface area contributed by atoms with Gasteiger partial charge in [0.05, 0.1) is 16.7 Å². The van der Waals surface area contributed by atoms with Crippen molar-refractivity contribution >= 4 is 51.2 Å². The van der Waals surface area contributed by atoms with Gasteiger partial charge in [-0.05, 0) is 75.0 Å². The van der Waals surface area contributed by atoms with E-state index in [-0.39, 0.29) is 17.1 Å². The molecule has 0 aliphatic carbocycles. The smallest absolute Gasteiger partial charge is 0.342 e. The van der Waals surface area contributed by atoms with Crippen LogP contribution >= 0.6 is 45.2 Å². The summed E-state index contributed by atoms with van der Waals surface area (Å²) in [7, 11) is 0. The molecule has 0 amide bonds. The van der Waals surface area contributed by atoms with Crippen molar-refractivity contribution in [3.8, 4) is 5.75 Å². The van der Waals surface area contributed by atoms with Gasteiger partial charge in [-0.25, -0.2) is 9.18 Å². The fourth-order valence-electron chi connectivity index (χ4n) is 3.12. The summed E-state index contributed by atoms with van der Waals surface area (Å²) in [5.74, 6) is -1.02. The first-order chi connectivity index (χ1) is 11.9. The lowest BCUT2D eigenvalue weighted by Crippen LogP contribution is -2.87. The van der Waals surface area contributed by atoms with Crippen LogP contribution in [0.25, 0.3) is 0 Å². The molecule has 0 radical (unpaired) electrons. The Bertz CT molecular complexity index is 807. The molecular formula is C18H17FI2NO3+. The molecule has 7 heteroatoms. The molecule has 1 heterocycles. The number of carbonyl (C=O) groups is 1. The number of rotatable bonds is 3. The highest BCUT2D eigenvalue weighted by Gasteiger charge is 2.40. The molecule has 25 heavy (non-hydrogen) atoms. The van der Waals surface area contributed by atoms with Crippen molar-refractivity contribution in [2.75, 3.05) is 13.1 Å². The zero-order valence-corrected chi connectivity index (χ0v) is 17.6. The monoisotopic (exact) mass is 568 g/mol. The van der Waals surface area contributed by atoms with Crippen LogP contribution in [0.15, 0.2) is 36.4 Å². The summed E-state index contributed by atoms with van der Waals surface area (Å²) in [6, 6.07) is 9.61. The van der Waals surface area contributed by atoms with Crippen LogP contribution in [0.3, 0.4) is 0 Å². The number of benzene rings is 2. The van der Waals surface area contributed by atoms with Crippen LogP contribution in [0.4, 0.5) is 4.39 Å². The minimum absolute atomic E-state index is 0.0808. The molecule has 2 aromatic rings. The third-order valence-electron chi connectivity index (χ3n) is 4.39. The first kappa shape index (κ1) is 18.8. The molecule has 3 N–H and O–H groups in total. The Balaban J connectivity index is 1.98. The van der Waals surface area contributed by atoms with Crippen LogP contribution in [0, 0.1) is 13.0 Å². The standard InChI is InChI=1S/C18H16FI2NO3/c19-12-3-1-2-11(8-12)18(4-6-22-7-5-18)25-17(24)14-9-13(20)10-15(21)16(14)23/h1-3,8-10,22-23H,4-7H2/p+1. The quantitative estimate of drug-likeness (QED) is 0.442. The largest absolute Gasteiger partial charge is 0.506 e. The Morgan fingerprint density at radius 3 is 2.60 bits per heavy atom. The Kier molecular flexibility index (Phi) is 5.84. The lowest BCUT2D eigenvalue weighted by molar-refractivity contribution is -0.668. The van der Waals surface area contributed by atoms with Crippen molar-refractivity contribution < 1.29 is 24.3 Å². The summed E-state index contributed by atoms with van der Waals surface area (Å²) in [4.78, 5) is 12.8. The maximum atomic E-state index is 13.7. The van der Waals surface area contributed by atoms with Gasteiger partial charge in [0.25, 0.3) is 0 Å². The summed E-state index contributed by atoms with van der Waals surface area (Å²) < 4.78 is 21.1. The highest BCUT2D eigenvalue weighted by atomic mass is 127. The minimum Gasteiger partial charge on any atom is -0.506 e. The van der Waals surface area contributed by atoms with Crippen molar-refractivity contribution in [3.63, 3.8) is 0 Å². The molecule has 0 spiro atoms. The first-order valence-electron chi connectivity index (χ1n) is 7.90. The minimum atomic E-state index is -0.868.